The number of pyridine rings is 1. The summed E-state index contributed by atoms with van der Waals surface area (Å²) >= 11 is 3.46. The molecule has 0 aliphatic heterocycles. The number of fused-ring (bicyclic) bond motifs is 1. The standard InChI is InChI=1S/C16H17BrN4/c1-2-18-10-15-14-5-3-4-6-16(14)21(20-15)11-12-7-13(17)9-19-8-12/h3-9,18H,2,10-11H2,1H3. The number of hydrogen-bond donors (Lipinski definition) is 1. The summed E-state index contributed by atoms with van der Waals surface area (Å²) in [7, 11) is 0. The molecule has 0 unspecified atom stereocenters. The van der Waals surface area contributed by atoms with Crippen LogP contribution in [0.2, 0.25) is 0 Å². The highest BCUT2D eigenvalue weighted by Crippen LogP contribution is 2.20. The number of para-hydroxylation sites is 1. The van der Waals surface area contributed by atoms with E-state index < -0.39 is 0 Å². The van der Waals surface area contributed by atoms with E-state index in [0.717, 1.165) is 40.9 Å². The quantitative estimate of drug-likeness (QED) is 0.771. The van der Waals surface area contributed by atoms with E-state index in [1.54, 1.807) is 6.20 Å². The zero-order valence-corrected chi connectivity index (χ0v) is 13.5. The molecule has 0 aliphatic carbocycles. The molecular formula is C16H17BrN4. The first kappa shape index (κ1) is 14.2. The van der Waals surface area contributed by atoms with Gasteiger partial charge in [-0.2, -0.15) is 5.10 Å². The molecular weight excluding hydrogens is 328 g/mol. The maximum Gasteiger partial charge on any atom is 0.0841 e. The van der Waals surface area contributed by atoms with Crippen LogP contribution in [0, 0.1) is 0 Å². The molecule has 0 saturated carbocycles. The maximum atomic E-state index is 4.76. The Morgan fingerprint density at radius 2 is 2.10 bits per heavy atom. The number of nitrogens with zero attached hydrogens (tertiary/aromatic N) is 3. The highest BCUT2D eigenvalue weighted by atomic mass is 79.9. The molecule has 0 radical (unpaired) electrons. The molecule has 0 fully saturated rings. The lowest BCUT2D eigenvalue weighted by Gasteiger charge is -2.04. The fourth-order valence-electron chi connectivity index (χ4n) is 2.41. The molecule has 21 heavy (non-hydrogen) atoms. The summed E-state index contributed by atoms with van der Waals surface area (Å²) < 4.78 is 3.04. The minimum atomic E-state index is 0.721. The second-order valence-electron chi connectivity index (χ2n) is 4.91. The van der Waals surface area contributed by atoms with Gasteiger partial charge in [-0.05, 0) is 40.2 Å². The van der Waals surface area contributed by atoms with Crippen LogP contribution in [0.1, 0.15) is 18.2 Å². The van der Waals surface area contributed by atoms with E-state index in [0.29, 0.717) is 0 Å². The predicted molar refractivity (Wildman–Crippen MR) is 88.2 cm³/mol. The number of rotatable bonds is 5. The Labute approximate surface area is 132 Å². The Balaban J connectivity index is 1.98. The van der Waals surface area contributed by atoms with Gasteiger partial charge in [-0.25, -0.2) is 0 Å². The first-order chi connectivity index (χ1) is 10.3. The van der Waals surface area contributed by atoms with Gasteiger partial charge in [0, 0.05) is 28.8 Å². The lowest BCUT2D eigenvalue weighted by Crippen LogP contribution is -2.13. The molecule has 3 rings (SSSR count). The van der Waals surface area contributed by atoms with Crippen molar-refractivity contribution in [2.75, 3.05) is 6.54 Å². The van der Waals surface area contributed by atoms with Crippen LogP contribution >= 0.6 is 15.9 Å². The van der Waals surface area contributed by atoms with Gasteiger partial charge in [0.15, 0.2) is 0 Å². The van der Waals surface area contributed by atoms with Crippen LogP contribution in [0.15, 0.2) is 47.2 Å². The Morgan fingerprint density at radius 3 is 2.90 bits per heavy atom. The van der Waals surface area contributed by atoms with Crippen molar-refractivity contribution in [3.05, 3.63) is 58.5 Å². The van der Waals surface area contributed by atoms with Crippen molar-refractivity contribution in [1.82, 2.24) is 20.1 Å². The molecule has 1 N–H and O–H groups in total. The van der Waals surface area contributed by atoms with Crippen LogP contribution in [0.3, 0.4) is 0 Å². The molecule has 3 aromatic rings. The Hall–Kier alpha value is -1.72. The molecule has 0 bridgehead atoms. The minimum Gasteiger partial charge on any atom is -0.311 e. The zero-order chi connectivity index (χ0) is 14.7. The van der Waals surface area contributed by atoms with Crippen LogP contribution in [-0.4, -0.2) is 21.3 Å². The monoisotopic (exact) mass is 344 g/mol. The number of aromatic nitrogens is 3. The topological polar surface area (TPSA) is 42.7 Å². The second kappa shape index (κ2) is 6.37. The number of nitrogens with one attached hydrogen (secondary N) is 1. The van der Waals surface area contributed by atoms with E-state index in [2.05, 4.69) is 63.5 Å². The van der Waals surface area contributed by atoms with Crippen molar-refractivity contribution in [2.45, 2.75) is 20.0 Å². The van der Waals surface area contributed by atoms with Crippen molar-refractivity contribution in [3.8, 4) is 0 Å². The van der Waals surface area contributed by atoms with Crippen molar-refractivity contribution in [2.24, 2.45) is 0 Å². The average Bonchev–Trinajstić information content (AvgIpc) is 2.84. The van der Waals surface area contributed by atoms with E-state index in [4.69, 9.17) is 5.10 Å². The van der Waals surface area contributed by atoms with Gasteiger partial charge in [0.1, 0.15) is 0 Å². The van der Waals surface area contributed by atoms with Gasteiger partial charge in [-0.15, -0.1) is 0 Å². The second-order valence-corrected chi connectivity index (χ2v) is 5.83. The average molecular weight is 345 g/mol. The Bertz CT molecular complexity index is 751. The third kappa shape index (κ3) is 3.14. The molecule has 0 amide bonds. The summed E-state index contributed by atoms with van der Waals surface area (Å²) in [6.45, 7) is 4.56. The van der Waals surface area contributed by atoms with Crippen LogP contribution < -0.4 is 5.32 Å². The first-order valence-electron chi connectivity index (χ1n) is 7.02. The number of benzene rings is 1. The molecule has 2 aromatic heterocycles. The van der Waals surface area contributed by atoms with Gasteiger partial charge in [0.25, 0.3) is 0 Å². The predicted octanol–water partition coefficient (Wildman–Crippen LogP) is 3.35. The van der Waals surface area contributed by atoms with Crippen LogP contribution in [0.5, 0.6) is 0 Å². The SMILES string of the molecule is CCNCc1nn(Cc2cncc(Br)c2)c2ccccc12. The van der Waals surface area contributed by atoms with Crippen LogP contribution in [0.4, 0.5) is 0 Å². The number of hydrogen-bond acceptors (Lipinski definition) is 3. The van der Waals surface area contributed by atoms with Crippen molar-refractivity contribution in [1.29, 1.82) is 0 Å². The third-order valence-corrected chi connectivity index (χ3v) is 3.80. The van der Waals surface area contributed by atoms with E-state index in [1.807, 2.05) is 10.9 Å². The summed E-state index contributed by atoms with van der Waals surface area (Å²) in [5.74, 6) is 0. The molecule has 1 aromatic carbocycles. The van der Waals surface area contributed by atoms with Gasteiger partial charge in [0.2, 0.25) is 0 Å². The summed E-state index contributed by atoms with van der Waals surface area (Å²) in [6.07, 6.45) is 3.67. The zero-order valence-electron chi connectivity index (χ0n) is 11.9. The molecule has 0 saturated heterocycles. The Morgan fingerprint density at radius 1 is 1.24 bits per heavy atom. The Kier molecular flexibility index (Phi) is 4.31. The molecule has 2 heterocycles. The van der Waals surface area contributed by atoms with Crippen molar-refractivity contribution < 1.29 is 0 Å². The maximum absolute atomic E-state index is 4.76. The van der Waals surface area contributed by atoms with E-state index in [9.17, 15) is 0 Å². The van der Waals surface area contributed by atoms with E-state index in [-0.39, 0.29) is 0 Å². The normalized spacial score (nSPS) is 11.1. The fraction of sp³-hybridized carbons (Fsp3) is 0.250. The summed E-state index contributed by atoms with van der Waals surface area (Å²) in [5, 5.41) is 9.32. The smallest absolute Gasteiger partial charge is 0.0841 e. The minimum absolute atomic E-state index is 0.721. The molecule has 5 heteroatoms. The van der Waals surface area contributed by atoms with Crippen molar-refractivity contribution in [3.63, 3.8) is 0 Å². The largest absolute Gasteiger partial charge is 0.311 e. The number of halogens is 1. The molecule has 0 aliphatic rings. The van der Waals surface area contributed by atoms with Gasteiger partial charge in [-0.3, -0.25) is 9.67 Å². The van der Waals surface area contributed by atoms with Crippen LogP contribution in [-0.2, 0) is 13.1 Å². The molecule has 0 atom stereocenters. The summed E-state index contributed by atoms with van der Waals surface area (Å²) in [4.78, 5) is 4.22. The highest BCUT2D eigenvalue weighted by molar-refractivity contribution is 9.10. The lowest BCUT2D eigenvalue weighted by molar-refractivity contribution is 0.656. The van der Waals surface area contributed by atoms with Gasteiger partial charge in [0.05, 0.1) is 17.8 Å². The summed E-state index contributed by atoms with van der Waals surface area (Å²) in [5.41, 5.74) is 3.38. The highest BCUT2D eigenvalue weighted by Gasteiger charge is 2.10. The van der Waals surface area contributed by atoms with Gasteiger partial charge in [-0.1, -0.05) is 25.1 Å². The van der Waals surface area contributed by atoms with Crippen molar-refractivity contribution >= 4 is 26.8 Å². The van der Waals surface area contributed by atoms with Gasteiger partial charge < -0.3 is 5.32 Å². The molecule has 4 nitrogen and oxygen atoms in total. The first-order valence-corrected chi connectivity index (χ1v) is 7.82. The molecule has 108 valence electrons. The van der Waals surface area contributed by atoms with Crippen LogP contribution in [0.25, 0.3) is 10.9 Å². The fourth-order valence-corrected chi connectivity index (χ4v) is 2.82. The molecule has 0 spiro atoms. The van der Waals surface area contributed by atoms with Gasteiger partial charge >= 0.3 is 0 Å². The van der Waals surface area contributed by atoms with E-state index in [1.165, 1.54) is 5.39 Å². The van der Waals surface area contributed by atoms with E-state index >= 15 is 0 Å². The lowest BCUT2D eigenvalue weighted by atomic mass is 10.2. The summed E-state index contributed by atoms with van der Waals surface area (Å²) in [6, 6.07) is 10.4. The third-order valence-electron chi connectivity index (χ3n) is 3.37.